The van der Waals surface area contributed by atoms with Crippen molar-refractivity contribution in [3.63, 3.8) is 0 Å². The molecule has 0 saturated heterocycles. The average Bonchev–Trinajstić information content (AvgIpc) is 2.90. The van der Waals surface area contributed by atoms with Gasteiger partial charge in [0, 0.05) is 12.1 Å². The molecule has 1 aromatic rings. The van der Waals surface area contributed by atoms with Crippen LogP contribution in [0.3, 0.4) is 0 Å². The highest BCUT2D eigenvalue weighted by atomic mass is 16.6. The van der Waals surface area contributed by atoms with Crippen molar-refractivity contribution in [3.05, 3.63) is 35.4 Å². The van der Waals surface area contributed by atoms with E-state index in [1.807, 2.05) is 13.8 Å². The lowest BCUT2D eigenvalue weighted by atomic mass is 9.95. The first-order valence-electron chi connectivity index (χ1n) is 14.5. The van der Waals surface area contributed by atoms with Gasteiger partial charge >= 0.3 is 12.1 Å². The van der Waals surface area contributed by atoms with Crippen LogP contribution >= 0.6 is 0 Å². The number of hydrogen-bond acceptors (Lipinski definition) is 6. The van der Waals surface area contributed by atoms with Crippen molar-refractivity contribution in [2.75, 3.05) is 20.2 Å². The summed E-state index contributed by atoms with van der Waals surface area (Å²) in [6.07, 6.45) is 11.3. The van der Waals surface area contributed by atoms with Gasteiger partial charge in [-0.2, -0.15) is 0 Å². The fraction of sp³-hybridized carbons (Fsp3) is 0.625. The highest BCUT2D eigenvalue weighted by molar-refractivity contribution is 5.93. The van der Waals surface area contributed by atoms with E-state index in [9.17, 15) is 19.2 Å². The molecule has 0 aliphatic heterocycles. The van der Waals surface area contributed by atoms with Crippen LogP contribution in [0.4, 0.5) is 4.79 Å². The Bertz CT molecular complexity index is 1040. The normalized spacial score (nSPS) is 12.6. The van der Waals surface area contributed by atoms with Gasteiger partial charge in [-0.3, -0.25) is 14.4 Å². The molecule has 0 heterocycles. The van der Waals surface area contributed by atoms with Crippen molar-refractivity contribution in [1.29, 1.82) is 0 Å². The first kappa shape index (κ1) is 35.5. The van der Waals surface area contributed by atoms with E-state index in [2.05, 4.69) is 28.2 Å². The minimum absolute atomic E-state index is 0.0550. The molecule has 0 aliphatic carbocycles. The number of carbonyl (C=O) groups excluding carboxylic acids is 4. The summed E-state index contributed by atoms with van der Waals surface area (Å²) in [5, 5.41) is 5.34. The molecule has 1 rings (SSSR count). The van der Waals surface area contributed by atoms with E-state index in [1.54, 1.807) is 45.0 Å². The monoisotopic (exact) mass is 571 g/mol. The summed E-state index contributed by atoms with van der Waals surface area (Å²) in [7, 11) is 1.23. The first-order valence-corrected chi connectivity index (χ1v) is 14.5. The zero-order chi connectivity index (χ0) is 31.0. The van der Waals surface area contributed by atoms with Crippen LogP contribution in [-0.4, -0.2) is 60.6 Å². The molecule has 0 radical (unpaired) electrons. The van der Waals surface area contributed by atoms with Crippen molar-refractivity contribution in [2.45, 2.75) is 104 Å². The van der Waals surface area contributed by atoms with E-state index in [0.29, 0.717) is 24.0 Å². The highest BCUT2D eigenvalue weighted by Gasteiger charge is 2.37. The number of nitrogens with one attached hydrogen (secondary N) is 2. The molecule has 2 atom stereocenters. The number of amides is 3. The molecule has 2 unspecified atom stereocenters. The Morgan fingerprint density at radius 2 is 1.66 bits per heavy atom. The molecule has 1 aromatic carbocycles. The quantitative estimate of drug-likeness (QED) is 0.162. The molecule has 2 N–H and O–H groups in total. The molecular weight excluding hydrogens is 522 g/mol. The van der Waals surface area contributed by atoms with Crippen molar-refractivity contribution >= 4 is 23.9 Å². The molecule has 3 amide bonds. The van der Waals surface area contributed by atoms with Gasteiger partial charge in [-0.05, 0) is 51.2 Å². The molecule has 0 fully saturated rings. The number of ether oxygens (including phenoxy) is 2. The third kappa shape index (κ3) is 13.1. The van der Waals surface area contributed by atoms with Crippen LogP contribution in [0.5, 0.6) is 0 Å². The predicted octanol–water partition coefficient (Wildman–Crippen LogP) is 5.13. The van der Waals surface area contributed by atoms with Crippen molar-refractivity contribution in [1.82, 2.24) is 15.5 Å². The molecule has 0 saturated carbocycles. The van der Waals surface area contributed by atoms with Gasteiger partial charge in [0.05, 0.1) is 7.11 Å². The van der Waals surface area contributed by atoms with Crippen LogP contribution < -0.4 is 10.6 Å². The van der Waals surface area contributed by atoms with Crippen molar-refractivity contribution in [2.24, 2.45) is 5.92 Å². The summed E-state index contributed by atoms with van der Waals surface area (Å²) in [6.45, 7) is 11.2. The molecule has 0 aromatic heterocycles. The topological polar surface area (TPSA) is 114 Å². The van der Waals surface area contributed by atoms with E-state index in [0.717, 1.165) is 32.1 Å². The van der Waals surface area contributed by atoms with Gasteiger partial charge < -0.3 is 25.0 Å². The lowest BCUT2D eigenvalue weighted by Crippen LogP contribution is -2.54. The van der Waals surface area contributed by atoms with E-state index in [-0.39, 0.29) is 19.0 Å². The third-order valence-electron chi connectivity index (χ3n) is 6.34. The molecule has 228 valence electrons. The number of unbranched alkanes of at least 4 members (excludes halogenated alkanes) is 5. The van der Waals surface area contributed by atoms with Crippen molar-refractivity contribution in [3.8, 4) is 12.3 Å². The first-order chi connectivity index (χ1) is 19.3. The van der Waals surface area contributed by atoms with Crippen LogP contribution in [-0.2, 0) is 23.9 Å². The second-order valence-electron chi connectivity index (χ2n) is 11.6. The number of methoxy groups -OCH3 is 1. The molecule has 9 heteroatoms. The van der Waals surface area contributed by atoms with Crippen LogP contribution in [0.25, 0.3) is 0 Å². The van der Waals surface area contributed by atoms with E-state index in [4.69, 9.17) is 11.2 Å². The maximum Gasteiger partial charge on any atom is 0.408 e. The largest absolute Gasteiger partial charge is 0.468 e. The molecule has 41 heavy (non-hydrogen) atoms. The molecule has 9 nitrogen and oxygen atoms in total. The SMILES string of the molecule is C#Cc1ccccc1C(C(=O)NCC(=O)OC)N(CCCCCCCC)C(=O)C(CC(C)C)NC(=O)OC(C)(C)C. The van der Waals surface area contributed by atoms with Gasteiger partial charge in [0.2, 0.25) is 11.8 Å². The Labute approximate surface area is 246 Å². The molecule has 0 aliphatic rings. The Morgan fingerprint density at radius 1 is 1.02 bits per heavy atom. The van der Waals surface area contributed by atoms with Gasteiger partial charge in [0.1, 0.15) is 24.2 Å². The van der Waals surface area contributed by atoms with E-state index in [1.165, 1.54) is 12.0 Å². The fourth-order valence-electron chi connectivity index (χ4n) is 4.42. The van der Waals surface area contributed by atoms with Crippen LogP contribution in [0.1, 0.15) is 104 Å². The van der Waals surface area contributed by atoms with Crippen LogP contribution in [0.2, 0.25) is 0 Å². The molecular formula is C32H49N3O6. The Kier molecular flexibility index (Phi) is 15.6. The molecule has 0 bridgehead atoms. The second-order valence-corrected chi connectivity index (χ2v) is 11.6. The maximum atomic E-state index is 14.3. The van der Waals surface area contributed by atoms with Crippen LogP contribution in [0, 0.1) is 18.3 Å². The second kappa shape index (κ2) is 18.0. The third-order valence-corrected chi connectivity index (χ3v) is 6.34. The number of hydrogen-bond donors (Lipinski definition) is 2. The summed E-state index contributed by atoms with van der Waals surface area (Å²) >= 11 is 0. The standard InChI is InChI=1S/C32H49N3O6/c1-9-11-12-13-14-17-20-35(30(38)26(21-23(3)4)34-31(39)41-32(5,6)7)28(29(37)33-22-27(36)40-8)25-19-16-15-18-24(25)10-2/h2,15-16,18-19,23,26,28H,9,11-14,17,20-22H2,1,3-8H3,(H,33,37)(H,34,39). The van der Waals surface area contributed by atoms with Gasteiger partial charge in [-0.1, -0.05) is 77.0 Å². The predicted molar refractivity (Wildman–Crippen MR) is 160 cm³/mol. The Morgan fingerprint density at radius 3 is 2.24 bits per heavy atom. The van der Waals surface area contributed by atoms with Gasteiger partial charge in [0.25, 0.3) is 0 Å². The fourth-order valence-corrected chi connectivity index (χ4v) is 4.42. The van der Waals surface area contributed by atoms with E-state index >= 15 is 0 Å². The number of rotatable bonds is 16. The summed E-state index contributed by atoms with van der Waals surface area (Å²) < 4.78 is 10.1. The number of terminal acetylenes is 1. The summed E-state index contributed by atoms with van der Waals surface area (Å²) in [6, 6.07) is 4.83. The van der Waals surface area contributed by atoms with Gasteiger partial charge in [0.15, 0.2) is 0 Å². The smallest absolute Gasteiger partial charge is 0.408 e. The number of carbonyl (C=O) groups is 4. The summed E-state index contributed by atoms with van der Waals surface area (Å²) in [4.78, 5) is 54.1. The number of benzene rings is 1. The summed E-state index contributed by atoms with van der Waals surface area (Å²) in [5.41, 5.74) is 0.152. The zero-order valence-electron chi connectivity index (χ0n) is 25.9. The minimum atomic E-state index is -1.13. The maximum absolute atomic E-state index is 14.3. The number of alkyl carbamates (subject to hydrolysis) is 1. The minimum Gasteiger partial charge on any atom is -0.468 e. The van der Waals surface area contributed by atoms with Gasteiger partial charge in [-0.15, -0.1) is 6.42 Å². The van der Waals surface area contributed by atoms with Gasteiger partial charge in [-0.25, -0.2) is 4.79 Å². The Hall–Kier alpha value is -3.54. The van der Waals surface area contributed by atoms with Crippen LogP contribution in [0.15, 0.2) is 24.3 Å². The zero-order valence-corrected chi connectivity index (χ0v) is 25.9. The van der Waals surface area contributed by atoms with Crippen molar-refractivity contribution < 1.29 is 28.7 Å². The highest BCUT2D eigenvalue weighted by Crippen LogP contribution is 2.27. The lowest BCUT2D eigenvalue weighted by Gasteiger charge is -2.35. The average molecular weight is 572 g/mol. The van der Waals surface area contributed by atoms with E-state index < -0.39 is 41.6 Å². The summed E-state index contributed by atoms with van der Waals surface area (Å²) in [5.74, 6) is 1.04. The molecule has 0 spiro atoms. The lowest BCUT2D eigenvalue weighted by molar-refractivity contribution is -0.145. The number of esters is 1. The Balaban J connectivity index is 3.54. The number of nitrogens with zero attached hydrogens (tertiary/aromatic N) is 1.